The Morgan fingerprint density at radius 3 is 2.62 bits per heavy atom. The van der Waals surface area contributed by atoms with Crippen LogP contribution in [0.4, 0.5) is 0 Å². The van der Waals surface area contributed by atoms with E-state index < -0.39 is 5.54 Å². The average molecular weight is 297 g/mol. The van der Waals surface area contributed by atoms with E-state index in [1.165, 1.54) is 0 Å². The summed E-state index contributed by atoms with van der Waals surface area (Å²) in [6, 6.07) is 0. The molecule has 0 spiro atoms. The zero-order chi connectivity index (χ0) is 15.3. The van der Waals surface area contributed by atoms with E-state index in [0.29, 0.717) is 19.6 Å². The summed E-state index contributed by atoms with van der Waals surface area (Å²) in [6.07, 6.45) is 1.02. The summed E-state index contributed by atoms with van der Waals surface area (Å²) in [5.74, 6) is 0.248. The van der Waals surface area contributed by atoms with Gasteiger partial charge in [0.2, 0.25) is 5.91 Å². The molecule has 1 amide bonds. The number of fused-ring (bicyclic) bond motifs is 1. The highest BCUT2D eigenvalue weighted by molar-refractivity contribution is 5.89. The number of carbonyl (C=O) groups is 1. The van der Waals surface area contributed by atoms with Crippen molar-refractivity contribution in [2.45, 2.75) is 31.9 Å². The van der Waals surface area contributed by atoms with Crippen molar-refractivity contribution in [3.63, 3.8) is 0 Å². The first-order valence-electron chi connectivity index (χ1n) is 7.96. The summed E-state index contributed by atoms with van der Waals surface area (Å²) in [4.78, 5) is 17.1. The van der Waals surface area contributed by atoms with Gasteiger partial charge in [-0.25, -0.2) is 0 Å². The topological polar surface area (TPSA) is 79.0 Å². The Balaban J connectivity index is 1.68. The lowest BCUT2D eigenvalue weighted by Gasteiger charge is -2.62. The van der Waals surface area contributed by atoms with Crippen molar-refractivity contribution in [2.24, 2.45) is 17.1 Å². The SMILES string of the molecule is CC1(C)C2OCCC2C1(N)C(=O)N1CCN(CCO)CC1. The highest BCUT2D eigenvalue weighted by Gasteiger charge is 2.71. The number of carbonyl (C=O) groups excluding carboxylic acids is 1. The third kappa shape index (κ3) is 2.04. The Morgan fingerprint density at radius 1 is 1.33 bits per heavy atom. The number of hydrogen-bond donors (Lipinski definition) is 2. The second kappa shape index (κ2) is 5.19. The van der Waals surface area contributed by atoms with Gasteiger partial charge in [0.1, 0.15) is 5.54 Å². The molecule has 0 bridgehead atoms. The van der Waals surface area contributed by atoms with Crippen molar-refractivity contribution in [1.29, 1.82) is 0 Å². The van der Waals surface area contributed by atoms with Gasteiger partial charge in [-0.1, -0.05) is 13.8 Å². The van der Waals surface area contributed by atoms with E-state index in [1.54, 1.807) is 0 Å². The molecule has 6 heteroatoms. The smallest absolute Gasteiger partial charge is 0.243 e. The second-order valence-electron chi connectivity index (χ2n) is 7.13. The van der Waals surface area contributed by atoms with Crippen LogP contribution >= 0.6 is 0 Å². The van der Waals surface area contributed by atoms with Crippen molar-refractivity contribution in [3.05, 3.63) is 0 Å². The molecule has 0 radical (unpaired) electrons. The zero-order valence-corrected chi connectivity index (χ0v) is 13.0. The van der Waals surface area contributed by atoms with Crippen molar-refractivity contribution < 1.29 is 14.6 Å². The molecule has 2 heterocycles. The number of ether oxygens (including phenoxy) is 1. The average Bonchev–Trinajstić information content (AvgIpc) is 2.95. The van der Waals surface area contributed by atoms with Gasteiger partial charge in [-0.15, -0.1) is 0 Å². The molecule has 3 rings (SSSR count). The summed E-state index contributed by atoms with van der Waals surface area (Å²) in [6.45, 7) is 8.70. The molecule has 3 atom stereocenters. The van der Waals surface area contributed by atoms with Crippen LogP contribution in [-0.4, -0.2) is 78.4 Å². The van der Waals surface area contributed by atoms with E-state index in [9.17, 15) is 4.79 Å². The molecular weight excluding hydrogens is 270 g/mol. The molecule has 3 fully saturated rings. The number of amides is 1. The minimum Gasteiger partial charge on any atom is -0.395 e. The maximum absolute atomic E-state index is 13.0. The first kappa shape index (κ1) is 15.2. The molecule has 1 saturated carbocycles. The van der Waals surface area contributed by atoms with Crippen molar-refractivity contribution >= 4 is 5.91 Å². The third-order valence-corrected chi connectivity index (χ3v) is 5.88. The Hall–Kier alpha value is -0.690. The van der Waals surface area contributed by atoms with Crippen molar-refractivity contribution in [3.8, 4) is 0 Å². The molecule has 6 nitrogen and oxygen atoms in total. The largest absolute Gasteiger partial charge is 0.395 e. The van der Waals surface area contributed by atoms with E-state index >= 15 is 0 Å². The fourth-order valence-electron chi connectivity index (χ4n) is 4.40. The number of β-amino-alcohol motifs (C(OH)–C–C–N with tert-alkyl or cyclic N) is 1. The normalized spacial score (nSPS) is 39.0. The lowest BCUT2D eigenvalue weighted by molar-refractivity contribution is -0.185. The first-order chi connectivity index (χ1) is 9.92. The Morgan fingerprint density at radius 2 is 2.00 bits per heavy atom. The summed E-state index contributed by atoms with van der Waals surface area (Å²) < 4.78 is 5.76. The van der Waals surface area contributed by atoms with E-state index in [2.05, 4.69) is 18.7 Å². The molecule has 120 valence electrons. The molecule has 0 aromatic carbocycles. The first-order valence-corrected chi connectivity index (χ1v) is 7.96. The standard InChI is InChI=1S/C15H27N3O3/c1-14(2)12-11(3-10-21-12)15(14,16)13(20)18-6-4-17(5-7-18)8-9-19/h11-12,19H,3-10,16H2,1-2H3. The van der Waals surface area contributed by atoms with Gasteiger partial charge >= 0.3 is 0 Å². The van der Waals surface area contributed by atoms with Crippen molar-refractivity contribution in [2.75, 3.05) is 45.9 Å². The lowest BCUT2D eigenvalue weighted by Crippen LogP contribution is -2.80. The molecular formula is C15H27N3O3. The summed E-state index contributed by atoms with van der Waals surface area (Å²) >= 11 is 0. The van der Waals surface area contributed by atoms with Gasteiger partial charge in [0.15, 0.2) is 0 Å². The fraction of sp³-hybridized carbons (Fsp3) is 0.933. The number of rotatable bonds is 3. The molecule has 2 saturated heterocycles. The molecule has 3 unspecified atom stereocenters. The highest BCUT2D eigenvalue weighted by Crippen LogP contribution is 2.58. The van der Waals surface area contributed by atoms with E-state index in [4.69, 9.17) is 15.6 Å². The third-order valence-electron chi connectivity index (χ3n) is 5.88. The number of nitrogens with zero attached hydrogens (tertiary/aromatic N) is 2. The summed E-state index contributed by atoms with van der Waals surface area (Å²) in [5.41, 5.74) is 5.53. The van der Waals surface area contributed by atoms with Gasteiger partial charge in [0.05, 0.1) is 12.7 Å². The Bertz CT molecular complexity index is 420. The Kier molecular flexibility index (Phi) is 3.76. The second-order valence-corrected chi connectivity index (χ2v) is 7.13. The molecule has 2 aliphatic heterocycles. The van der Waals surface area contributed by atoms with Gasteiger partial charge in [0.25, 0.3) is 0 Å². The van der Waals surface area contributed by atoms with Gasteiger partial charge in [0, 0.05) is 50.7 Å². The minimum absolute atomic E-state index is 0.0860. The van der Waals surface area contributed by atoms with Gasteiger partial charge < -0.3 is 20.5 Å². The van der Waals surface area contributed by atoms with Crippen LogP contribution in [-0.2, 0) is 9.53 Å². The monoisotopic (exact) mass is 297 g/mol. The number of aliphatic hydroxyl groups is 1. The van der Waals surface area contributed by atoms with Crippen LogP contribution in [0.1, 0.15) is 20.3 Å². The molecule has 0 aromatic rings. The number of hydrogen-bond acceptors (Lipinski definition) is 5. The van der Waals surface area contributed by atoms with E-state index in [0.717, 1.165) is 26.1 Å². The van der Waals surface area contributed by atoms with Crippen LogP contribution in [0.25, 0.3) is 0 Å². The predicted octanol–water partition coefficient (Wildman–Crippen LogP) is -0.735. The Labute approximate surface area is 126 Å². The predicted molar refractivity (Wildman–Crippen MR) is 78.7 cm³/mol. The summed E-state index contributed by atoms with van der Waals surface area (Å²) in [5, 5.41) is 8.99. The quantitative estimate of drug-likeness (QED) is 0.718. The molecule has 21 heavy (non-hydrogen) atoms. The van der Waals surface area contributed by atoms with E-state index in [-0.39, 0.29) is 30.0 Å². The lowest BCUT2D eigenvalue weighted by atomic mass is 9.47. The van der Waals surface area contributed by atoms with Gasteiger partial charge in [-0.3, -0.25) is 9.69 Å². The fourth-order valence-corrected chi connectivity index (χ4v) is 4.40. The van der Waals surface area contributed by atoms with Crippen LogP contribution in [0.5, 0.6) is 0 Å². The minimum atomic E-state index is -0.784. The van der Waals surface area contributed by atoms with Crippen LogP contribution in [0.3, 0.4) is 0 Å². The molecule has 3 N–H and O–H groups in total. The highest BCUT2D eigenvalue weighted by atomic mass is 16.5. The maximum Gasteiger partial charge on any atom is 0.243 e. The van der Waals surface area contributed by atoms with Crippen LogP contribution < -0.4 is 5.73 Å². The van der Waals surface area contributed by atoms with Crippen LogP contribution in [0.2, 0.25) is 0 Å². The van der Waals surface area contributed by atoms with Gasteiger partial charge in [-0.05, 0) is 6.42 Å². The van der Waals surface area contributed by atoms with E-state index in [1.807, 2.05) is 4.90 Å². The van der Waals surface area contributed by atoms with Crippen molar-refractivity contribution in [1.82, 2.24) is 9.80 Å². The number of nitrogens with two attached hydrogens (primary N) is 1. The molecule has 1 aliphatic carbocycles. The number of piperazine rings is 1. The molecule has 0 aromatic heterocycles. The summed E-state index contributed by atoms with van der Waals surface area (Å²) in [7, 11) is 0. The van der Waals surface area contributed by atoms with Crippen LogP contribution in [0.15, 0.2) is 0 Å². The zero-order valence-electron chi connectivity index (χ0n) is 13.0. The van der Waals surface area contributed by atoms with Gasteiger partial charge in [-0.2, -0.15) is 0 Å². The number of aliphatic hydroxyl groups excluding tert-OH is 1. The molecule has 3 aliphatic rings. The maximum atomic E-state index is 13.0. The van der Waals surface area contributed by atoms with Crippen LogP contribution in [0, 0.1) is 11.3 Å².